The van der Waals surface area contributed by atoms with E-state index < -0.39 is 5.82 Å². The van der Waals surface area contributed by atoms with Crippen LogP contribution in [0.4, 0.5) is 4.39 Å². The van der Waals surface area contributed by atoms with E-state index in [1.807, 2.05) is 6.07 Å². The van der Waals surface area contributed by atoms with Gasteiger partial charge in [-0.2, -0.15) is 5.26 Å². The first-order valence-corrected chi connectivity index (χ1v) is 4.23. The van der Waals surface area contributed by atoms with Crippen molar-refractivity contribution in [1.29, 1.82) is 5.26 Å². The van der Waals surface area contributed by atoms with E-state index in [2.05, 4.69) is 0 Å². The maximum Gasteiger partial charge on any atom is 0.166 e. The van der Waals surface area contributed by atoms with Crippen LogP contribution in [-0.4, -0.2) is 19.3 Å². The molecule has 0 N–H and O–H groups in total. The van der Waals surface area contributed by atoms with E-state index in [0.29, 0.717) is 13.2 Å². The monoisotopic (exact) mass is 193 g/mol. The molecule has 3 nitrogen and oxygen atoms in total. The standard InChI is InChI=1S/C10H8FNO2/c11-9-3-7(4-12)1-2-10(9)14-6-8-5-13-8/h1-3,8H,5-6H2/t8-/m1/s1. The first kappa shape index (κ1) is 8.97. The van der Waals surface area contributed by atoms with Crippen molar-refractivity contribution in [3.63, 3.8) is 0 Å². The first-order chi connectivity index (χ1) is 6.79. The van der Waals surface area contributed by atoms with E-state index >= 15 is 0 Å². The fraction of sp³-hybridized carbons (Fsp3) is 0.300. The van der Waals surface area contributed by atoms with Gasteiger partial charge in [0.2, 0.25) is 0 Å². The largest absolute Gasteiger partial charge is 0.488 e. The molecule has 72 valence electrons. The Bertz CT molecular complexity index is 382. The molecule has 0 spiro atoms. The molecule has 0 radical (unpaired) electrons. The van der Waals surface area contributed by atoms with Crippen LogP contribution >= 0.6 is 0 Å². The smallest absolute Gasteiger partial charge is 0.166 e. The number of hydrogen-bond donors (Lipinski definition) is 0. The van der Waals surface area contributed by atoms with E-state index in [4.69, 9.17) is 14.7 Å². The first-order valence-electron chi connectivity index (χ1n) is 4.23. The quantitative estimate of drug-likeness (QED) is 0.683. The molecule has 0 aliphatic carbocycles. The third kappa shape index (κ3) is 2.01. The van der Waals surface area contributed by atoms with Gasteiger partial charge in [-0.05, 0) is 18.2 Å². The SMILES string of the molecule is N#Cc1ccc(OC[C@H]2CO2)c(F)c1. The zero-order valence-electron chi connectivity index (χ0n) is 7.37. The molecule has 1 aromatic rings. The summed E-state index contributed by atoms with van der Waals surface area (Å²) in [5.41, 5.74) is 0.289. The molecule has 0 saturated carbocycles. The van der Waals surface area contributed by atoms with E-state index in [1.165, 1.54) is 12.1 Å². The third-order valence-electron chi connectivity index (χ3n) is 1.89. The topological polar surface area (TPSA) is 45.5 Å². The lowest BCUT2D eigenvalue weighted by atomic mass is 10.2. The molecule has 1 aromatic carbocycles. The number of nitrogens with zero attached hydrogens (tertiary/aromatic N) is 1. The van der Waals surface area contributed by atoms with Gasteiger partial charge in [-0.25, -0.2) is 4.39 Å². The number of rotatable bonds is 3. The number of ether oxygens (including phenoxy) is 2. The Kier molecular flexibility index (Phi) is 2.33. The van der Waals surface area contributed by atoms with Gasteiger partial charge in [0, 0.05) is 0 Å². The Morgan fingerprint density at radius 3 is 3.00 bits per heavy atom. The maximum absolute atomic E-state index is 13.2. The molecule has 1 aliphatic rings. The van der Waals surface area contributed by atoms with E-state index in [9.17, 15) is 4.39 Å². The van der Waals surface area contributed by atoms with Crippen LogP contribution in [-0.2, 0) is 4.74 Å². The molecule has 14 heavy (non-hydrogen) atoms. The van der Waals surface area contributed by atoms with Gasteiger partial charge in [0.1, 0.15) is 12.7 Å². The third-order valence-corrected chi connectivity index (χ3v) is 1.89. The summed E-state index contributed by atoms with van der Waals surface area (Å²) < 4.78 is 23.3. The van der Waals surface area contributed by atoms with Crippen molar-refractivity contribution < 1.29 is 13.9 Å². The Balaban J connectivity index is 2.05. The normalized spacial score (nSPS) is 18.7. The van der Waals surface area contributed by atoms with Crippen LogP contribution in [0.5, 0.6) is 5.75 Å². The minimum absolute atomic E-state index is 0.102. The van der Waals surface area contributed by atoms with Crippen molar-refractivity contribution in [3.8, 4) is 11.8 Å². The number of benzene rings is 1. The highest BCUT2D eigenvalue weighted by molar-refractivity contribution is 5.35. The number of epoxide rings is 1. The average Bonchev–Trinajstić information content (AvgIpc) is 2.99. The fourth-order valence-corrected chi connectivity index (χ4v) is 1.03. The number of halogens is 1. The predicted molar refractivity (Wildman–Crippen MR) is 46.4 cm³/mol. The van der Waals surface area contributed by atoms with Crippen molar-refractivity contribution in [2.24, 2.45) is 0 Å². The van der Waals surface area contributed by atoms with Crippen molar-refractivity contribution in [2.45, 2.75) is 6.10 Å². The van der Waals surface area contributed by atoms with Gasteiger partial charge in [-0.3, -0.25) is 0 Å². The molecule has 0 unspecified atom stereocenters. The van der Waals surface area contributed by atoms with Crippen molar-refractivity contribution in [2.75, 3.05) is 13.2 Å². The minimum atomic E-state index is -0.510. The summed E-state index contributed by atoms with van der Waals surface area (Å²) in [5.74, 6) is -0.343. The van der Waals surface area contributed by atoms with E-state index in [-0.39, 0.29) is 17.4 Å². The molecular weight excluding hydrogens is 185 g/mol. The lowest BCUT2D eigenvalue weighted by Crippen LogP contribution is -2.05. The van der Waals surface area contributed by atoms with Gasteiger partial charge in [0.25, 0.3) is 0 Å². The molecule has 1 saturated heterocycles. The number of hydrogen-bond acceptors (Lipinski definition) is 3. The molecule has 0 amide bonds. The molecule has 1 heterocycles. The summed E-state index contributed by atoms with van der Waals surface area (Å²) >= 11 is 0. The Morgan fingerprint density at radius 1 is 1.64 bits per heavy atom. The lowest BCUT2D eigenvalue weighted by Gasteiger charge is -2.04. The van der Waals surface area contributed by atoms with Crippen LogP contribution in [0.15, 0.2) is 18.2 Å². The molecule has 1 aliphatic heterocycles. The summed E-state index contributed by atoms with van der Waals surface area (Å²) in [5, 5.41) is 8.50. The van der Waals surface area contributed by atoms with Crippen LogP contribution in [0.1, 0.15) is 5.56 Å². The van der Waals surface area contributed by atoms with Crippen molar-refractivity contribution in [1.82, 2.24) is 0 Å². The van der Waals surface area contributed by atoms with Crippen molar-refractivity contribution >= 4 is 0 Å². The van der Waals surface area contributed by atoms with Gasteiger partial charge in [0.15, 0.2) is 11.6 Å². The highest BCUT2D eigenvalue weighted by atomic mass is 19.1. The lowest BCUT2D eigenvalue weighted by molar-refractivity contribution is 0.254. The molecular formula is C10H8FNO2. The molecule has 1 atom stereocenters. The highest BCUT2D eigenvalue weighted by Crippen LogP contribution is 2.19. The average molecular weight is 193 g/mol. The second-order valence-corrected chi connectivity index (χ2v) is 3.02. The zero-order valence-corrected chi connectivity index (χ0v) is 7.37. The summed E-state index contributed by atoms with van der Waals surface area (Å²) in [6.07, 6.45) is 0.102. The fourth-order valence-electron chi connectivity index (χ4n) is 1.03. The Labute approximate surface area is 80.7 Å². The van der Waals surface area contributed by atoms with Gasteiger partial charge in [-0.1, -0.05) is 0 Å². The summed E-state index contributed by atoms with van der Waals surface area (Å²) in [6, 6.07) is 5.98. The summed E-state index contributed by atoms with van der Waals surface area (Å²) in [6.45, 7) is 1.04. The second kappa shape index (κ2) is 3.64. The Morgan fingerprint density at radius 2 is 2.43 bits per heavy atom. The van der Waals surface area contributed by atoms with Gasteiger partial charge >= 0.3 is 0 Å². The maximum atomic E-state index is 13.2. The van der Waals surface area contributed by atoms with Crippen LogP contribution in [0, 0.1) is 17.1 Å². The van der Waals surface area contributed by atoms with Crippen LogP contribution < -0.4 is 4.74 Å². The minimum Gasteiger partial charge on any atom is -0.488 e. The highest BCUT2D eigenvalue weighted by Gasteiger charge is 2.23. The van der Waals surface area contributed by atoms with Crippen LogP contribution in [0.25, 0.3) is 0 Å². The molecule has 0 aromatic heterocycles. The summed E-state index contributed by atoms with van der Waals surface area (Å²) in [7, 11) is 0. The van der Waals surface area contributed by atoms with Gasteiger partial charge in [0.05, 0.1) is 18.2 Å². The second-order valence-electron chi connectivity index (χ2n) is 3.02. The predicted octanol–water partition coefficient (Wildman–Crippen LogP) is 1.47. The van der Waals surface area contributed by atoms with Crippen molar-refractivity contribution in [3.05, 3.63) is 29.6 Å². The molecule has 4 heteroatoms. The Hall–Kier alpha value is -1.60. The summed E-state index contributed by atoms with van der Waals surface area (Å²) in [4.78, 5) is 0. The molecule has 2 rings (SSSR count). The van der Waals surface area contributed by atoms with E-state index in [0.717, 1.165) is 6.07 Å². The molecule has 0 bridgehead atoms. The molecule has 1 fully saturated rings. The van der Waals surface area contributed by atoms with Crippen LogP contribution in [0.3, 0.4) is 0 Å². The van der Waals surface area contributed by atoms with Gasteiger partial charge in [-0.15, -0.1) is 0 Å². The number of nitriles is 1. The van der Waals surface area contributed by atoms with Gasteiger partial charge < -0.3 is 9.47 Å². The van der Waals surface area contributed by atoms with E-state index in [1.54, 1.807) is 0 Å². The van der Waals surface area contributed by atoms with Crippen LogP contribution in [0.2, 0.25) is 0 Å². The zero-order chi connectivity index (χ0) is 9.97.